The van der Waals surface area contributed by atoms with Crippen LogP contribution in [0.25, 0.3) is 33.3 Å². The summed E-state index contributed by atoms with van der Waals surface area (Å²) in [6, 6.07) is 24.6. The van der Waals surface area contributed by atoms with Crippen molar-refractivity contribution in [3.05, 3.63) is 77.8 Å². The molecular formula is C22H18ClNO. The fourth-order valence-corrected chi connectivity index (χ4v) is 3.58. The predicted octanol–water partition coefficient (Wildman–Crippen LogP) is 6.17. The Bertz CT molecular complexity index is 1050. The molecule has 124 valence electrons. The molecule has 2 nitrogen and oxygen atoms in total. The van der Waals surface area contributed by atoms with Gasteiger partial charge in [-0.2, -0.15) is 0 Å². The van der Waals surface area contributed by atoms with Gasteiger partial charge in [-0.25, -0.2) is 0 Å². The molecule has 0 amide bonds. The average Bonchev–Trinajstić information content (AvgIpc) is 2.95. The number of aryl methyl sites for hydroxylation is 1. The first-order chi connectivity index (χ1) is 12.2. The topological polar surface area (TPSA) is 14.2 Å². The third-order valence-corrected chi connectivity index (χ3v) is 4.85. The molecule has 1 aromatic heterocycles. The number of rotatable bonds is 3. The molecule has 0 atom stereocenters. The highest BCUT2D eigenvalue weighted by molar-refractivity contribution is 6.30. The number of hydrogen-bond donors (Lipinski definition) is 0. The number of hydrogen-bond acceptors (Lipinski definition) is 1. The van der Waals surface area contributed by atoms with E-state index in [4.69, 9.17) is 16.3 Å². The first-order valence-corrected chi connectivity index (χ1v) is 8.55. The second-order valence-electron chi connectivity index (χ2n) is 6.01. The molecule has 1 heterocycles. The van der Waals surface area contributed by atoms with Crippen LogP contribution >= 0.6 is 11.6 Å². The summed E-state index contributed by atoms with van der Waals surface area (Å²) in [6.07, 6.45) is 0. The molecule has 0 aliphatic carbocycles. The number of nitrogens with zero attached hydrogens (tertiary/aromatic N) is 1. The van der Waals surface area contributed by atoms with Crippen LogP contribution in [0.5, 0.6) is 5.75 Å². The van der Waals surface area contributed by atoms with E-state index >= 15 is 0 Å². The molecule has 0 aliphatic heterocycles. The fourth-order valence-electron chi connectivity index (χ4n) is 3.46. The Morgan fingerprint density at radius 2 is 1.52 bits per heavy atom. The molecule has 4 rings (SSSR count). The molecule has 0 spiro atoms. The zero-order chi connectivity index (χ0) is 17.4. The van der Waals surface area contributed by atoms with E-state index in [2.05, 4.69) is 54.1 Å². The summed E-state index contributed by atoms with van der Waals surface area (Å²) in [7, 11) is 3.81. The van der Waals surface area contributed by atoms with E-state index in [9.17, 15) is 0 Å². The molecule has 3 aromatic carbocycles. The lowest BCUT2D eigenvalue weighted by molar-refractivity contribution is 0.416. The van der Waals surface area contributed by atoms with E-state index in [1.54, 1.807) is 7.11 Å². The molecule has 0 unspecified atom stereocenters. The van der Waals surface area contributed by atoms with Crippen molar-refractivity contribution >= 4 is 22.5 Å². The Morgan fingerprint density at radius 3 is 2.28 bits per heavy atom. The van der Waals surface area contributed by atoms with E-state index < -0.39 is 0 Å². The van der Waals surface area contributed by atoms with Crippen molar-refractivity contribution in [2.75, 3.05) is 7.11 Å². The minimum Gasteiger partial charge on any atom is -0.496 e. The van der Waals surface area contributed by atoms with Gasteiger partial charge < -0.3 is 9.30 Å². The summed E-state index contributed by atoms with van der Waals surface area (Å²) in [5.74, 6) is 0.864. The molecular weight excluding hydrogens is 330 g/mol. The van der Waals surface area contributed by atoms with Gasteiger partial charge in [0.2, 0.25) is 0 Å². The summed E-state index contributed by atoms with van der Waals surface area (Å²) in [6.45, 7) is 0. The first-order valence-electron chi connectivity index (χ1n) is 8.17. The molecule has 0 fully saturated rings. The summed E-state index contributed by atoms with van der Waals surface area (Å²) in [5, 5.41) is 1.95. The van der Waals surface area contributed by atoms with Crippen molar-refractivity contribution in [1.82, 2.24) is 4.57 Å². The van der Waals surface area contributed by atoms with E-state index in [1.165, 1.54) is 16.5 Å². The normalized spacial score (nSPS) is 11.0. The van der Waals surface area contributed by atoms with Gasteiger partial charge in [0.25, 0.3) is 0 Å². The minimum absolute atomic E-state index is 0.739. The summed E-state index contributed by atoms with van der Waals surface area (Å²) in [4.78, 5) is 0. The number of para-hydroxylation sites is 2. The molecule has 25 heavy (non-hydrogen) atoms. The lowest BCUT2D eigenvalue weighted by Gasteiger charge is -2.13. The van der Waals surface area contributed by atoms with Gasteiger partial charge in [0.1, 0.15) is 5.75 Å². The third kappa shape index (κ3) is 2.59. The summed E-state index contributed by atoms with van der Waals surface area (Å²) >= 11 is 6.10. The van der Waals surface area contributed by atoms with Crippen LogP contribution in [0.4, 0.5) is 0 Å². The maximum Gasteiger partial charge on any atom is 0.128 e. The number of halogens is 1. The molecule has 4 aromatic rings. The zero-order valence-corrected chi connectivity index (χ0v) is 14.9. The highest BCUT2D eigenvalue weighted by Crippen LogP contribution is 2.43. The van der Waals surface area contributed by atoms with Crippen LogP contribution in [-0.2, 0) is 7.05 Å². The fraction of sp³-hybridized carbons (Fsp3) is 0.0909. The Labute approximate surface area is 152 Å². The van der Waals surface area contributed by atoms with E-state index in [-0.39, 0.29) is 0 Å². The van der Waals surface area contributed by atoms with Gasteiger partial charge in [-0.3, -0.25) is 0 Å². The molecule has 0 N–H and O–H groups in total. The van der Waals surface area contributed by atoms with Crippen LogP contribution in [0.2, 0.25) is 5.02 Å². The molecule has 0 saturated heterocycles. The second-order valence-corrected chi connectivity index (χ2v) is 6.44. The van der Waals surface area contributed by atoms with Gasteiger partial charge in [0.05, 0.1) is 12.8 Å². The minimum atomic E-state index is 0.739. The van der Waals surface area contributed by atoms with Gasteiger partial charge in [-0.1, -0.05) is 54.1 Å². The molecule has 0 aliphatic rings. The lowest BCUT2D eigenvalue weighted by atomic mass is 9.98. The number of fused-ring (bicyclic) bond motifs is 1. The third-order valence-electron chi connectivity index (χ3n) is 4.60. The maximum absolute atomic E-state index is 6.10. The molecule has 3 heteroatoms. The standard InChI is InChI=1S/C22H18ClNO/c1-24-19-9-5-3-7-17(19)21(15-11-13-16(23)14-12-15)22(24)18-8-4-6-10-20(18)25-2/h3-14H,1-2H3. The van der Waals surface area contributed by atoms with E-state index in [0.717, 1.165) is 27.6 Å². The van der Waals surface area contributed by atoms with Crippen molar-refractivity contribution in [3.63, 3.8) is 0 Å². The predicted molar refractivity (Wildman–Crippen MR) is 105 cm³/mol. The van der Waals surface area contributed by atoms with Crippen LogP contribution in [0.3, 0.4) is 0 Å². The molecule has 0 bridgehead atoms. The van der Waals surface area contributed by atoms with Crippen molar-refractivity contribution in [1.29, 1.82) is 0 Å². The van der Waals surface area contributed by atoms with Crippen LogP contribution in [-0.4, -0.2) is 11.7 Å². The smallest absolute Gasteiger partial charge is 0.128 e. The van der Waals surface area contributed by atoms with Gasteiger partial charge >= 0.3 is 0 Å². The lowest BCUT2D eigenvalue weighted by Crippen LogP contribution is -1.95. The highest BCUT2D eigenvalue weighted by atomic mass is 35.5. The van der Waals surface area contributed by atoms with Gasteiger partial charge in [0, 0.05) is 34.1 Å². The highest BCUT2D eigenvalue weighted by Gasteiger charge is 2.20. The van der Waals surface area contributed by atoms with Gasteiger partial charge in [0.15, 0.2) is 0 Å². The van der Waals surface area contributed by atoms with Crippen LogP contribution in [0.1, 0.15) is 0 Å². The SMILES string of the molecule is COc1ccccc1-c1c(-c2ccc(Cl)cc2)c2ccccc2n1C. The van der Waals surface area contributed by atoms with Gasteiger partial charge in [-0.05, 0) is 35.9 Å². The monoisotopic (exact) mass is 347 g/mol. The second kappa shape index (κ2) is 6.30. The number of aromatic nitrogens is 1. The summed E-state index contributed by atoms with van der Waals surface area (Å²) < 4.78 is 7.86. The average molecular weight is 348 g/mol. The number of ether oxygens (including phenoxy) is 1. The van der Waals surface area contributed by atoms with Crippen molar-refractivity contribution in [2.24, 2.45) is 7.05 Å². The van der Waals surface area contributed by atoms with Crippen molar-refractivity contribution in [3.8, 4) is 28.1 Å². The first kappa shape index (κ1) is 15.8. The van der Waals surface area contributed by atoms with E-state index in [0.29, 0.717) is 0 Å². The molecule has 0 radical (unpaired) electrons. The Kier molecular flexibility index (Phi) is 3.98. The summed E-state index contributed by atoms with van der Waals surface area (Å²) in [5.41, 5.74) is 5.74. The number of benzene rings is 3. The maximum atomic E-state index is 6.10. The largest absolute Gasteiger partial charge is 0.496 e. The zero-order valence-electron chi connectivity index (χ0n) is 14.2. The van der Waals surface area contributed by atoms with Crippen LogP contribution in [0.15, 0.2) is 72.8 Å². The van der Waals surface area contributed by atoms with Crippen molar-refractivity contribution < 1.29 is 4.74 Å². The van der Waals surface area contributed by atoms with E-state index in [1.807, 2.05) is 30.3 Å². The Hall–Kier alpha value is -2.71. The Balaban J connectivity index is 2.12. The number of methoxy groups -OCH3 is 1. The Morgan fingerprint density at radius 1 is 0.840 bits per heavy atom. The quantitative estimate of drug-likeness (QED) is 0.432. The van der Waals surface area contributed by atoms with Crippen LogP contribution in [0, 0.1) is 0 Å². The molecule has 0 saturated carbocycles. The van der Waals surface area contributed by atoms with Crippen molar-refractivity contribution in [2.45, 2.75) is 0 Å². The van der Waals surface area contributed by atoms with Crippen LogP contribution < -0.4 is 4.74 Å². The van der Waals surface area contributed by atoms with Gasteiger partial charge in [-0.15, -0.1) is 0 Å².